The van der Waals surface area contributed by atoms with E-state index in [0.29, 0.717) is 11.8 Å². The lowest BCUT2D eigenvalue weighted by Crippen LogP contribution is -2.46. The van der Waals surface area contributed by atoms with Crippen molar-refractivity contribution in [1.29, 1.82) is 0 Å². The Labute approximate surface area is 199 Å². The lowest BCUT2D eigenvalue weighted by Gasteiger charge is -2.50. The molecule has 2 fully saturated rings. The SMILES string of the molecule is COC(OC)C1CCN(c2ccc([C@@H]3c4ccccc4[C@H](C)OC34CCCCC4)cc2)CC1. The molecule has 5 rings (SSSR count). The number of hydrogen-bond donors (Lipinski definition) is 0. The molecule has 1 spiro atoms. The molecule has 2 aromatic rings. The smallest absolute Gasteiger partial charge is 0.159 e. The van der Waals surface area contributed by atoms with Crippen LogP contribution in [-0.4, -0.2) is 39.2 Å². The Morgan fingerprint density at radius 1 is 0.879 bits per heavy atom. The third-order valence-corrected chi connectivity index (χ3v) is 8.36. The van der Waals surface area contributed by atoms with Gasteiger partial charge in [0.25, 0.3) is 0 Å². The predicted molar refractivity (Wildman–Crippen MR) is 133 cm³/mol. The van der Waals surface area contributed by atoms with E-state index >= 15 is 0 Å². The highest BCUT2D eigenvalue weighted by atomic mass is 16.7. The number of piperidine rings is 1. The van der Waals surface area contributed by atoms with Crippen LogP contribution in [0.15, 0.2) is 48.5 Å². The van der Waals surface area contributed by atoms with Crippen LogP contribution in [-0.2, 0) is 14.2 Å². The van der Waals surface area contributed by atoms with Crippen molar-refractivity contribution >= 4 is 5.69 Å². The van der Waals surface area contributed by atoms with Crippen LogP contribution in [0.25, 0.3) is 0 Å². The summed E-state index contributed by atoms with van der Waals surface area (Å²) in [6.07, 6.45) is 8.45. The number of ether oxygens (including phenoxy) is 3. The van der Waals surface area contributed by atoms with Crippen LogP contribution in [0.1, 0.15) is 80.6 Å². The highest BCUT2D eigenvalue weighted by molar-refractivity contribution is 5.51. The molecule has 0 aromatic heterocycles. The van der Waals surface area contributed by atoms with Crippen LogP contribution in [0.4, 0.5) is 5.69 Å². The first-order chi connectivity index (χ1) is 16.1. The zero-order valence-corrected chi connectivity index (χ0v) is 20.5. The molecule has 2 aliphatic heterocycles. The second-order valence-corrected chi connectivity index (χ2v) is 10.2. The molecular formula is C29H39NO3. The first-order valence-electron chi connectivity index (χ1n) is 12.8. The standard InChI is InChI=1S/C29H39NO3/c1-21-25-9-5-6-10-26(25)27(29(33-21)17-7-4-8-18-29)22-11-13-24(14-12-22)30-19-15-23(16-20-30)28(31-2)32-3/h5-6,9-14,21,23,27-28H,4,7-8,15-20H2,1-3H3/t21-,27+/m0/s1. The number of benzene rings is 2. The van der Waals surface area contributed by atoms with Crippen molar-refractivity contribution in [3.8, 4) is 0 Å². The largest absolute Gasteiger partial charge is 0.372 e. The van der Waals surface area contributed by atoms with E-state index in [1.54, 1.807) is 14.2 Å². The molecule has 4 heteroatoms. The molecule has 0 amide bonds. The van der Waals surface area contributed by atoms with Crippen molar-refractivity contribution in [2.75, 3.05) is 32.2 Å². The van der Waals surface area contributed by atoms with Crippen LogP contribution in [0.2, 0.25) is 0 Å². The second-order valence-electron chi connectivity index (χ2n) is 10.2. The topological polar surface area (TPSA) is 30.9 Å². The van der Waals surface area contributed by atoms with Gasteiger partial charge in [0.15, 0.2) is 6.29 Å². The molecule has 3 aliphatic rings. The summed E-state index contributed by atoms with van der Waals surface area (Å²) in [6.45, 7) is 4.32. The maximum atomic E-state index is 6.88. The van der Waals surface area contributed by atoms with Gasteiger partial charge in [0.2, 0.25) is 0 Å². The fourth-order valence-corrected chi connectivity index (χ4v) is 6.74. The van der Waals surface area contributed by atoms with Gasteiger partial charge in [0.05, 0.1) is 11.7 Å². The van der Waals surface area contributed by atoms with Gasteiger partial charge in [-0.3, -0.25) is 0 Å². The summed E-state index contributed by atoms with van der Waals surface area (Å²) in [4.78, 5) is 2.51. The summed E-state index contributed by atoms with van der Waals surface area (Å²) in [7, 11) is 3.48. The van der Waals surface area contributed by atoms with Crippen molar-refractivity contribution in [3.63, 3.8) is 0 Å². The maximum absolute atomic E-state index is 6.88. The number of fused-ring (bicyclic) bond motifs is 1. The zero-order chi connectivity index (χ0) is 22.8. The number of nitrogens with zero attached hydrogens (tertiary/aromatic N) is 1. The fourth-order valence-electron chi connectivity index (χ4n) is 6.74. The molecule has 33 heavy (non-hydrogen) atoms. The predicted octanol–water partition coefficient (Wildman–Crippen LogP) is 6.45. The summed E-state index contributed by atoms with van der Waals surface area (Å²) in [5, 5.41) is 0. The van der Waals surface area contributed by atoms with Crippen LogP contribution < -0.4 is 4.90 Å². The molecule has 0 bridgehead atoms. The molecule has 1 saturated heterocycles. The van der Waals surface area contributed by atoms with E-state index in [0.717, 1.165) is 38.8 Å². The van der Waals surface area contributed by atoms with E-state index in [1.165, 1.54) is 41.6 Å². The number of methoxy groups -OCH3 is 2. The normalized spacial score (nSPS) is 25.4. The molecule has 4 nitrogen and oxygen atoms in total. The van der Waals surface area contributed by atoms with Crippen LogP contribution in [0.3, 0.4) is 0 Å². The summed E-state index contributed by atoms with van der Waals surface area (Å²) < 4.78 is 17.9. The van der Waals surface area contributed by atoms with Gasteiger partial charge in [-0.1, -0.05) is 55.7 Å². The number of rotatable bonds is 5. The van der Waals surface area contributed by atoms with Gasteiger partial charge in [0, 0.05) is 44.8 Å². The highest BCUT2D eigenvalue weighted by Gasteiger charge is 2.47. The molecule has 178 valence electrons. The summed E-state index contributed by atoms with van der Waals surface area (Å²) in [5.74, 6) is 0.786. The van der Waals surface area contributed by atoms with E-state index in [4.69, 9.17) is 14.2 Å². The monoisotopic (exact) mass is 449 g/mol. The Balaban J connectivity index is 1.39. The molecule has 0 unspecified atom stereocenters. The first kappa shape index (κ1) is 22.9. The van der Waals surface area contributed by atoms with Crippen molar-refractivity contribution in [2.24, 2.45) is 5.92 Å². The Kier molecular flexibility index (Phi) is 6.78. The summed E-state index contributed by atoms with van der Waals surface area (Å²) in [5.41, 5.74) is 5.47. The lowest BCUT2D eigenvalue weighted by molar-refractivity contribution is -0.141. The van der Waals surface area contributed by atoms with E-state index in [1.807, 2.05) is 0 Å². The zero-order valence-electron chi connectivity index (χ0n) is 20.5. The number of anilines is 1. The van der Waals surface area contributed by atoms with Gasteiger partial charge in [-0.2, -0.15) is 0 Å². The molecule has 2 aromatic carbocycles. The second kappa shape index (κ2) is 9.77. The minimum absolute atomic E-state index is 0.0683. The molecule has 0 N–H and O–H groups in total. The quantitative estimate of drug-likeness (QED) is 0.491. The van der Waals surface area contributed by atoms with Gasteiger partial charge >= 0.3 is 0 Å². The van der Waals surface area contributed by atoms with Crippen molar-refractivity contribution in [3.05, 3.63) is 65.2 Å². The highest BCUT2D eigenvalue weighted by Crippen LogP contribution is 2.53. The van der Waals surface area contributed by atoms with Crippen LogP contribution in [0, 0.1) is 5.92 Å². The Hall–Kier alpha value is -1.88. The molecular weight excluding hydrogens is 410 g/mol. The van der Waals surface area contributed by atoms with Crippen LogP contribution >= 0.6 is 0 Å². The van der Waals surface area contributed by atoms with Crippen molar-refractivity contribution in [1.82, 2.24) is 0 Å². The van der Waals surface area contributed by atoms with Gasteiger partial charge in [-0.15, -0.1) is 0 Å². The fraction of sp³-hybridized carbons (Fsp3) is 0.586. The minimum Gasteiger partial charge on any atom is -0.372 e. The molecule has 2 atom stereocenters. The molecule has 0 radical (unpaired) electrons. The molecule has 1 aliphatic carbocycles. The summed E-state index contributed by atoms with van der Waals surface area (Å²) >= 11 is 0. The van der Waals surface area contributed by atoms with Crippen LogP contribution in [0.5, 0.6) is 0 Å². The third kappa shape index (κ3) is 4.34. The van der Waals surface area contributed by atoms with Crippen molar-refractivity contribution < 1.29 is 14.2 Å². The Bertz CT molecular complexity index is 909. The maximum Gasteiger partial charge on any atom is 0.159 e. The van der Waals surface area contributed by atoms with Gasteiger partial charge in [0.1, 0.15) is 0 Å². The molecule has 1 saturated carbocycles. The Morgan fingerprint density at radius 3 is 2.15 bits per heavy atom. The molecule has 2 heterocycles. The number of hydrogen-bond acceptors (Lipinski definition) is 4. The van der Waals surface area contributed by atoms with Crippen molar-refractivity contribution in [2.45, 2.75) is 75.8 Å². The minimum atomic E-state index is -0.0880. The Morgan fingerprint density at radius 2 is 1.52 bits per heavy atom. The average molecular weight is 450 g/mol. The van der Waals surface area contributed by atoms with Gasteiger partial charge in [-0.25, -0.2) is 0 Å². The first-order valence-corrected chi connectivity index (χ1v) is 12.8. The lowest BCUT2D eigenvalue weighted by atomic mass is 9.67. The van der Waals surface area contributed by atoms with E-state index < -0.39 is 0 Å². The average Bonchev–Trinajstić information content (AvgIpc) is 2.86. The van der Waals surface area contributed by atoms with E-state index in [-0.39, 0.29) is 18.0 Å². The third-order valence-electron chi connectivity index (χ3n) is 8.36. The van der Waals surface area contributed by atoms with Gasteiger partial charge < -0.3 is 19.1 Å². The van der Waals surface area contributed by atoms with E-state index in [2.05, 4.69) is 60.4 Å². The van der Waals surface area contributed by atoms with E-state index in [9.17, 15) is 0 Å². The van der Waals surface area contributed by atoms with Gasteiger partial charge in [-0.05, 0) is 61.4 Å². The summed E-state index contributed by atoms with van der Waals surface area (Å²) in [6, 6.07) is 18.3.